The summed E-state index contributed by atoms with van der Waals surface area (Å²) in [5.74, 6) is 2.14. The van der Waals surface area contributed by atoms with Gasteiger partial charge in [-0.05, 0) is 65.2 Å². The normalized spacial score (nSPS) is 40.8. The third-order valence-corrected chi connectivity index (χ3v) is 5.91. The maximum absolute atomic E-state index is 6.94. The Morgan fingerprint density at radius 3 is 2.20 bits per heavy atom. The van der Waals surface area contributed by atoms with Crippen LogP contribution in [0.25, 0.3) is 0 Å². The molecule has 1 saturated carbocycles. The lowest BCUT2D eigenvalue weighted by molar-refractivity contribution is -0.0828. The molecule has 0 aromatic rings. The molecule has 2 heteroatoms. The van der Waals surface area contributed by atoms with Gasteiger partial charge in [-0.1, -0.05) is 26.7 Å². The third-order valence-electron chi connectivity index (χ3n) is 5.91. The van der Waals surface area contributed by atoms with Crippen LogP contribution in [-0.4, -0.2) is 16.7 Å². The summed E-state index contributed by atoms with van der Waals surface area (Å²) in [5, 5.41) is 0. The summed E-state index contributed by atoms with van der Waals surface area (Å²) in [6, 6.07) is 0. The molecule has 0 aromatic carbocycles. The second-order valence-corrected chi connectivity index (χ2v) is 8.89. The van der Waals surface area contributed by atoms with Gasteiger partial charge < -0.3 is 10.5 Å². The molecule has 20 heavy (non-hydrogen) atoms. The van der Waals surface area contributed by atoms with Gasteiger partial charge in [0.15, 0.2) is 0 Å². The van der Waals surface area contributed by atoms with Crippen LogP contribution < -0.4 is 5.73 Å². The smallest absolute Gasteiger partial charge is 0.0680 e. The van der Waals surface area contributed by atoms with Gasteiger partial charge >= 0.3 is 0 Å². The maximum atomic E-state index is 6.94. The Balaban J connectivity index is 2.14. The van der Waals surface area contributed by atoms with E-state index in [4.69, 9.17) is 10.5 Å². The van der Waals surface area contributed by atoms with Crippen molar-refractivity contribution in [3.05, 3.63) is 0 Å². The Morgan fingerprint density at radius 1 is 1.05 bits per heavy atom. The second kappa shape index (κ2) is 5.28. The van der Waals surface area contributed by atoms with Crippen LogP contribution in [0.4, 0.5) is 0 Å². The van der Waals surface area contributed by atoms with Crippen LogP contribution in [0.5, 0.6) is 0 Å². The highest BCUT2D eigenvalue weighted by atomic mass is 16.5. The first-order valence-electron chi connectivity index (χ1n) is 8.55. The lowest BCUT2D eigenvalue weighted by Gasteiger charge is -2.41. The topological polar surface area (TPSA) is 35.2 Å². The molecule has 0 amide bonds. The molecule has 3 unspecified atom stereocenters. The van der Waals surface area contributed by atoms with Gasteiger partial charge in [0, 0.05) is 11.5 Å². The van der Waals surface area contributed by atoms with Crippen molar-refractivity contribution >= 4 is 0 Å². The predicted octanol–water partition coefficient (Wildman–Crippen LogP) is 4.51. The van der Waals surface area contributed by atoms with Crippen molar-refractivity contribution in [1.82, 2.24) is 0 Å². The van der Waals surface area contributed by atoms with Gasteiger partial charge in [-0.3, -0.25) is 0 Å². The Kier molecular flexibility index (Phi) is 4.30. The Morgan fingerprint density at radius 2 is 1.70 bits per heavy atom. The largest absolute Gasteiger partial charge is 0.369 e. The minimum Gasteiger partial charge on any atom is -0.369 e. The van der Waals surface area contributed by atoms with E-state index in [2.05, 4.69) is 41.5 Å². The summed E-state index contributed by atoms with van der Waals surface area (Å²) in [5.41, 5.74) is 6.81. The van der Waals surface area contributed by atoms with E-state index in [1.54, 1.807) is 0 Å². The molecule has 2 rings (SSSR count). The monoisotopic (exact) mass is 281 g/mol. The summed E-state index contributed by atoms with van der Waals surface area (Å²) in [6.07, 6.45) is 7.37. The molecule has 1 heterocycles. The molecule has 2 nitrogen and oxygen atoms in total. The molecule has 3 atom stereocenters. The molecule has 0 bridgehead atoms. The summed E-state index contributed by atoms with van der Waals surface area (Å²) < 4.78 is 6.30. The van der Waals surface area contributed by atoms with Gasteiger partial charge in [-0.2, -0.15) is 0 Å². The number of hydrogen-bond acceptors (Lipinski definition) is 2. The van der Waals surface area contributed by atoms with Crippen molar-refractivity contribution in [3.8, 4) is 0 Å². The number of nitrogens with two attached hydrogens (primary N) is 1. The van der Waals surface area contributed by atoms with E-state index in [0.717, 1.165) is 18.3 Å². The highest BCUT2D eigenvalue weighted by Gasteiger charge is 2.53. The highest BCUT2D eigenvalue weighted by molar-refractivity contribution is 5.06. The van der Waals surface area contributed by atoms with Gasteiger partial charge in [0.25, 0.3) is 0 Å². The van der Waals surface area contributed by atoms with Gasteiger partial charge in [-0.25, -0.2) is 0 Å². The van der Waals surface area contributed by atoms with Gasteiger partial charge in [0.2, 0.25) is 0 Å². The average Bonchev–Trinajstić information content (AvgIpc) is 2.45. The fraction of sp³-hybridized carbons (Fsp3) is 1.00. The van der Waals surface area contributed by atoms with Crippen molar-refractivity contribution < 1.29 is 4.74 Å². The zero-order valence-corrected chi connectivity index (χ0v) is 14.5. The Labute approximate surface area is 125 Å². The van der Waals surface area contributed by atoms with Crippen molar-refractivity contribution in [2.75, 3.05) is 0 Å². The van der Waals surface area contributed by atoms with E-state index >= 15 is 0 Å². The molecular formula is C18H35NO. The Bertz CT molecular complexity index is 347. The van der Waals surface area contributed by atoms with E-state index in [-0.39, 0.29) is 16.7 Å². The molecule has 2 fully saturated rings. The van der Waals surface area contributed by atoms with Crippen LogP contribution in [0, 0.1) is 17.8 Å². The van der Waals surface area contributed by atoms with E-state index in [1.165, 1.54) is 32.1 Å². The minimum atomic E-state index is -0.0874. The lowest BCUT2D eigenvalue weighted by atomic mass is 9.69. The van der Waals surface area contributed by atoms with E-state index in [1.807, 2.05) is 0 Å². The average molecular weight is 281 g/mol. The zero-order valence-electron chi connectivity index (χ0n) is 14.5. The molecule has 0 spiro atoms. The maximum Gasteiger partial charge on any atom is 0.0680 e. The SMILES string of the molecule is CC(C)C1CCCC(N)(C2CC(C)(C)OC2(C)C)CC1. The first-order chi connectivity index (χ1) is 9.06. The number of rotatable bonds is 2. The van der Waals surface area contributed by atoms with Crippen molar-refractivity contribution in [1.29, 1.82) is 0 Å². The number of ether oxygens (including phenoxy) is 1. The van der Waals surface area contributed by atoms with Crippen LogP contribution >= 0.6 is 0 Å². The highest BCUT2D eigenvalue weighted by Crippen LogP contribution is 2.50. The van der Waals surface area contributed by atoms with E-state index in [9.17, 15) is 0 Å². The standard InChI is InChI=1S/C18H35NO/c1-13(2)14-8-7-10-18(19,11-9-14)15-12-16(3,4)20-17(15,5)6/h13-15H,7-12,19H2,1-6H3. The molecule has 2 N–H and O–H groups in total. The van der Waals surface area contributed by atoms with Crippen LogP contribution in [0.1, 0.15) is 80.1 Å². The molecule has 118 valence electrons. The van der Waals surface area contributed by atoms with Gasteiger partial charge in [0.1, 0.15) is 0 Å². The van der Waals surface area contributed by atoms with Crippen molar-refractivity contribution in [3.63, 3.8) is 0 Å². The quantitative estimate of drug-likeness (QED) is 0.756. The van der Waals surface area contributed by atoms with Crippen LogP contribution in [0.15, 0.2) is 0 Å². The Hall–Kier alpha value is -0.0800. The van der Waals surface area contributed by atoms with Crippen molar-refractivity contribution in [2.24, 2.45) is 23.5 Å². The third kappa shape index (κ3) is 3.22. The number of hydrogen-bond donors (Lipinski definition) is 1. The molecule has 1 aliphatic heterocycles. The summed E-state index contributed by atoms with van der Waals surface area (Å²) >= 11 is 0. The van der Waals surface area contributed by atoms with E-state index in [0.29, 0.717) is 5.92 Å². The predicted molar refractivity (Wildman–Crippen MR) is 85.7 cm³/mol. The lowest BCUT2D eigenvalue weighted by Crippen LogP contribution is -2.53. The molecule has 0 aromatic heterocycles. The summed E-state index contributed by atoms with van der Waals surface area (Å²) in [6.45, 7) is 13.6. The van der Waals surface area contributed by atoms with Crippen LogP contribution in [0.2, 0.25) is 0 Å². The molecule has 0 radical (unpaired) electrons. The molecule has 2 aliphatic rings. The molecular weight excluding hydrogens is 246 g/mol. The first-order valence-corrected chi connectivity index (χ1v) is 8.55. The van der Waals surface area contributed by atoms with Crippen molar-refractivity contribution in [2.45, 2.75) is 96.8 Å². The summed E-state index contributed by atoms with van der Waals surface area (Å²) in [7, 11) is 0. The van der Waals surface area contributed by atoms with Gasteiger partial charge in [-0.15, -0.1) is 0 Å². The van der Waals surface area contributed by atoms with Crippen LogP contribution in [-0.2, 0) is 4.74 Å². The van der Waals surface area contributed by atoms with Gasteiger partial charge in [0.05, 0.1) is 11.2 Å². The molecule has 1 saturated heterocycles. The fourth-order valence-corrected chi connectivity index (χ4v) is 4.89. The van der Waals surface area contributed by atoms with Crippen LogP contribution in [0.3, 0.4) is 0 Å². The van der Waals surface area contributed by atoms with E-state index < -0.39 is 0 Å². The summed E-state index contributed by atoms with van der Waals surface area (Å²) in [4.78, 5) is 0. The minimum absolute atomic E-state index is 0.0235. The molecule has 1 aliphatic carbocycles. The fourth-order valence-electron chi connectivity index (χ4n) is 4.89. The second-order valence-electron chi connectivity index (χ2n) is 8.89. The zero-order chi connectivity index (χ0) is 15.2. The first kappa shape index (κ1) is 16.3.